The first-order valence-electron chi connectivity index (χ1n) is 7.21. The van der Waals surface area contributed by atoms with Gasteiger partial charge in [-0.25, -0.2) is 4.39 Å². The minimum Gasteiger partial charge on any atom is -0.323 e. The van der Waals surface area contributed by atoms with Gasteiger partial charge in [0.05, 0.1) is 0 Å². The van der Waals surface area contributed by atoms with Crippen LogP contribution >= 0.6 is 11.3 Å². The lowest BCUT2D eigenvalue weighted by atomic mass is 10.0. The normalized spacial score (nSPS) is 12.7. The van der Waals surface area contributed by atoms with Crippen LogP contribution in [0.15, 0.2) is 54.6 Å². The van der Waals surface area contributed by atoms with Crippen molar-refractivity contribution in [2.45, 2.75) is 25.3 Å². The number of nitrogens with two attached hydrogens (primary N) is 1. The molecule has 0 fully saturated rings. The maximum Gasteiger partial charge on any atom is 0.124 e. The molecule has 21 heavy (non-hydrogen) atoms. The van der Waals surface area contributed by atoms with Crippen LogP contribution in [-0.4, -0.2) is 0 Å². The molecule has 0 aliphatic heterocycles. The van der Waals surface area contributed by atoms with Gasteiger partial charge in [0, 0.05) is 15.6 Å². The second-order valence-electron chi connectivity index (χ2n) is 5.32. The summed E-state index contributed by atoms with van der Waals surface area (Å²) in [7, 11) is 0. The van der Waals surface area contributed by atoms with Crippen molar-refractivity contribution in [3.8, 4) is 0 Å². The third-order valence-electron chi connectivity index (χ3n) is 3.69. The topological polar surface area (TPSA) is 26.0 Å². The molecule has 1 atom stereocenters. The fourth-order valence-corrected chi connectivity index (χ4v) is 3.65. The first-order chi connectivity index (χ1) is 10.2. The van der Waals surface area contributed by atoms with E-state index in [2.05, 4.69) is 30.3 Å². The minimum atomic E-state index is -0.187. The van der Waals surface area contributed by atoms with Crippen molar-refractivity contribution in [3.05, 3.63) is 70.9 Å². The molecular weight excluding hydrogens is 281 g/mol. The Bertz CT molecular complexity index is 720. The average Bonchev–Trinajstić information content (AvgIpc) is 2.91. The number of hydrogen-bond donors (Lipinski definition) is 1. The Morgan fingerprint density at radius 1 is 1.05 bits per heavy atom. The summed E-state index contributed by atoms with van der Waals surface area (Å²) in [6.07, 6.45) is 3.06. The van der Waals surface area contributed by atoms with Crippen molar-refractivity contribution in [1.29, 1.82) is 0 Å². The number of fused-ring (bicyclic) bond motifs is 1. The molecule has 0 saturated heterocycles. The maximum atomic E-state index is 13.2. The van der Waals surface area contributed by atoms with Crippen molar-refractivity contribution in [1.82, 2.24) is 0 Å². The molecule has 0 aliphatic rings. The molecule has 0 radical (unpaired) electrons. The van der Waals surface area contributed by atoms with Crippen molar-refractivity contribution < 1.29 is 4.39 Å². The number of halogens is 1. The van der Waals surface area contributed by atoms with Gasteiger partial charge in [0.2, 0.25) is 0 Å². The summed E-state index contributed by atoms with van der Waals surface area (Å²) in [5.74, 6) is -0.187. The molecule has 0 amide bonds. The average molecular weight is 299 g/mol. The molecule has 108 valence electrons. The van der Waals surface area contributed by atoms with Crippen LogP contribution in [0, 0.1) is 5.82 Å². The molecule has 3 heteroatoms. The van der Waals surface area contributed by atoms with Crippen molar-refractivity contribution in [2.24, 2.45) is 5.73 Å². The predicted molar refractivity (Wildman–Crippen MR) is 88.1 cm³/mol. The Kier molecular flexibility index (Phi) is 4.32. The van der Waals surface area contributed by atoms with Crippen LogP contribution in [0.25, 0.3) is 10.1 Å². The molecular formula is C18H18FNS. The van der Waals surface area contributed by atoms with E-state index in [0.717, 1.165) is 34.2 Å². The van der Waals surface area contributed by atoms with E-state index in [9.17, 15) is 4.39 Å². The molecule has 0 spiro atoms. The first kappa shape index (κ1) is 14.2. The Hall–Kier alpha value is -1.71. The Morgan fingerprint density at radius 2 is 1.86 bits per heavy atom. The molecule has 1 nitrogen and oxygen atoms in total. The summed E-state index contributed by atoms with van der Waals surface area (Å²) in [6, 6.07) is 17.5. The van der Waals surface area contributed by atoms with E-state index >= 15 is 0 Å². The Labute approximate surface area is 128 Å². The highest BCUT2D eigenvalue weighted by Gasteiger charge is 2.10. The minimum absolute atomic E-state index is 0.0363. The molecule has 2 aromatic carbocycles. The van der Waals surface area contributed by atoms with Crippen molar-refractivity contribution >= 4 is 21.4 Å². The van der Waals surface area contributed by atoms with Crippen LogP contribution in [0.3, 0.4) is 0 Å². The monoisotopic (exact) mass is 299 g/mol. The Morgan fingerprint density at radius 3 is 2.67 bits per heavy atom. The zero-order chi connectivity index (χ0) is 14.7. The molecule has 2 N–H and O–H groups in total. The van der Waals surface area contributed by atoms with Gasteiger partial charge in [-0.2, -0.15) is 0 Å². The van der Waals surface area contributed by atoms with Gasteiger partial charge in [-0.3, -0.25) is 0 Å². The lowest BCUT2D eigenvalue weighted by Crippen LogP contribution is -2.08. The van der Waals surface area contributed by atoms with Crippen LogP contribution in [0.2, 0.25) is 0 Å². The van der Waals surface area contributed by atoms with E-state index < -0.39 is 0 Å². The smallest absolute Gasteiger partial charge is 0.124 e. The maximum absolute atomic E-state index is 13.2. The third-order valence-corrected chi connectivity index (χ3v) is 4.92. The lowest BCUT2D eigenvalue weighted by molar-refractivity contribution is 0.620. The SMILES string of the molecule is NC(CCCc1ccccc1)c1cc2ccc(F)cc2s1. The molecule has 0 saturated carbocycles. The van der Waals surface area contributed by atoms with Gasteiger partial charge in [0.15, 0.2) is 0 Å². The number of rotatable bonds is 5. The van der Waals surface area contributed by atoms with Gasteiger partial charge in [0.1, 0.15) is 5.82 Å². The number of hydrogen-bond acceptors (Lipinski definition) is 2. The van der Waals surface area contributed by atoms with Crippen LogP contribution < -0.4 is 5.73 Å². The fourth-order valence-electron chi connectivity index (χ4n) is 2.52. The quantitative estimate of drug-likeness (QED) is 0.700. The number of benzene rings is 2. The molecule has 3 aromatic rings. The first-order valence-corrected chi connectivity index (χ1v) is 8.02. The van der Waals surface area contributed by atoms with Gasteiger partial charge in [-0.05, 0) is 48.4 Å². The summed E-state index contributed by atoms with van der Waals surface area (Å²) in [4.78, 5) is 1.14. The summed E-state index contributed by atoms with van der Waals surface area (Å²) >= 11 is 1.60. The summed E-state index contributed by atoms with van der Waals surface area (Å²) in [6.45, 7) is 0. The van der Waals surface area contributed by atoms with Crippen molar-refractivity contribution in [2.75, 3.05) is 0 Å². The second-order valence-corrected chi connectivity index (χ2v) is 6.43. The van der Waals surface area contributed by atoms with E-state index in [-0.39, 0.29) is 11.9 Å². The zero-order valence-electron chi connectivity index (χ0n) is 11.8. The van der Waals surface area contributed by atoms with Gasteiger partial charge in [0.25, 0.3) is 0 Å². The third kappa shape index (κ3) is 3.49. The highest BCUT2D eigenvalue weighted by atomic mass is 32.1. The molecule has 1 unspecified atom stereocenters. The Balaban J connectivity index is 1.62. The van der Waals surface area contributed by atoms with E-state index in [1.165, 1.54) is 11.6 Å². The standard InChI is InChI=1S/C18H18FNS/c19-15-10-9-14-11-18(21-17(14)12-15)16(20)8-4-7-13-5-2-1-3-6-13/h1-3,5-6,9-12,16H,4,7-8,20H2. The van der Waals surface area contributed by atoms with Crippen molar-refractivity contribution in [3.63, 3.8) is 0 Å². The molecule has 0 bridgehead atoms. The predicted octanol–water partition coefficient (Wildman–Crippen LogP) is 5.06. The van der Waals surface area contributed by atoms with E-state index in [1.807, 2.05) is 12.1 Å². The summed E-state index contributed by atoms with van der Waals surface area (Å²) in [5.41, 5.74) is 7.63. The fraction of sp³-hybridized carbons (Fsp3) is 0.222. The number of aryl methyl sites for hydroxylation is 1. The molecule has 1 heterocycles. The van der Waals surface area contributed by atoms with E-state index in [0.29, 0.717) is 0 Å². The highest BCUT2D eigenvalue weighted by molar-refractivity contribution is 7.19. The van der Waals surface area contributed by atoms with Gasteiger partial charge < -0.3 is 5.73 Å². The zero-order valence-corrected chi connectivity index (χ0v) is 12.6. The summed E-state index contributed by atoms with van der Waals surface area (Å²) in [5, 5.41) is 1.08. The van der Waals surface area contributed by atoms with Gasteiger partial charge in [-0.15, -0.1) is 11.3 Å². The van der Waals surface area contributed by atoms with Gasteiger partial charge >= 0.3 is 0 Å². The van der Waals surface area contributed by atoms with E-state index in [1.54, 1.807) is 17.4 Å². The van der Waals surface area contributed by atoms with Gasteiger partial charge in [-0.1, -0.05) is 36.4 Å². The summed E-state index contributed by atoms with van der Waals surface area (Å²) < 4.78 is 14.2. The second kappa shape index (κ2) is 6.37. The van der Waals surface area contributed by atoms with Crippen LogP contribution in [-0.2, 0) is 6.42 Å². The molecule has 0 aliphatic carbocycles. The van der Waals surface area contributed by atoms with Crippen LogP contribution in [0.5, 0.6) is 0 Å². The lowest BCUT2D eigenvalue weighted by Gasteiger charge is -2.09. The van der Waals surface area contributed by atoms with E-state index in [4.69, 9.17) is 5.73 Å². The van der Waals surface area contributed by atoms with Crippen LogP contribution in [0.4, 0.5) is 4.39 Å². The highest BCUT2D eigenvalue weighted by Crippen LogP contribution is 2.31. The molecule has 1 aromatic heterocycles. The number of thiophene rings is 1. The molecule has 3 rings (SSSR count). The van der Waals surface area contributed by atoms with Crippen LogP contribution in [0.1, 0.15) is 29.3 Å². The largest absolute Gasteiger partial charge is 0.323 e.